The topological polar surface area (TPSA) is 69.6 Å². The zero-order valence-corrected chi connectivity index (χ0v) is 12.9. The number of carbonyl (C=O) groups is 2. The summed E-state index contributed by atoms with van der Waals surface area (Å²) in [4.78, 5) is 26.7. The van der Waals surface area contributed by atoms with Gasteiger partial charge in [-0.2, -0.15) is 0 Å². The molecule has 0 atom stereocenters. The molecule has 0 bridgehead atoms. The molecule has 6 heteroatoms. The van der Waals surface area contributed by atoms with Crippen LogP contribution in [0.15, 0.2) is 30.3 Å². The Kier molecular flexibility index (Phi) is 3.85. The highest BCUT2D eigenvalue weighted by molar-refractivity contribution is 7.16. The first kappa shape index (κ1) is 14.6. The average Bonchev–Trinajstić information content (AvgIpc) is 2.92. The normalized spacial score (nSPS) is 13.6. The van der Waals surface area contributed by atoms with Crippen LogP contribution in [0.2, 0.25) is 0 Å². The van der Waals surface area contributed by atoms with Crippen molar-refractivity contribution in [3.05, 3.63) is 51.9 Å². The van der Waals surface area contributed by atoms with Crippen LogP contribution in [0.25, 0.3) is 0 Å². The van der Waals surface area contributed by atoms with Gasteiger partial charge in [-0.25, -0.2) is 4.79 Å². The number of thiophene rings is 1. The largest absolute Gasteiger partial charge is 0.478 e. The number of carbonyl (C=O) groups excluding carboxylic acids is 1. The summed E-state index contributed by atoms with van der Waals surface area (Å²) in [7, 11) is 1.72. The molecule has 2 aromatic rings. The lowest BCUT2D eigenvalue weighted by Crippen LogP contribution is -2.35. The minimum atomic E-state index is -0.912. The van der Waals surface area contributed by atoms with Gasteiger partial charge in [-0.05, 0) is 24.1 Å². The van der Waals surface area contributed by atoms with E-state index >= 15 is 0 Å². The molecule has 0 radical (unpaired) electrons. The fourth-order valence-electron chi connectivity index (χ4n) is 2.74. The zero-order chi connectivity index (χ0) is 15.7. The molecule has 0 fully saturated rings. The molecular weight excluding hydrogens is 300 g/mol. The quantitative estimate of drug-likeness (QED) is 0.913. The Bertz CT molecular complexity index is 724. The summed E-state index contributed by atoms with van der Waals surface area (Å²) in [5.74, 6) is -0.924. The van der Waals surface area contributed by atoms with Gasteiger partial charge in [0.15, 0.2) is 0 Å². The predicted octanol–water partition coefficient (Wildman–Crippen LogP) is 2.69. The molecule has 1 aromatic heterocycles. The number of benzene rings is 1. The Labute approximate surface area is 132 Å². The van der Waals surface area contributed by atoms with Crippen molar-refractivity contribution < 1.29 is 14.7 Å². The summed E-state index contributed by atoms with van der Waals surface area (Å²) >= 11 is 1.42. The molecule has 0 saturated carbocycles. The molecule has 0 aliphatic carbocycles. The smallest absolute Gasteiger partial charge is 0.338 e. The minimum absolute atomic E-state index is 0.0115. The summed E-state index contributed by atoms with van der Waals surface area (Å²) in [6, 6.07) is 9.16. The van der Waals surface area contributed by atoms with Crippen LogP contribution in [0.3, 0.4) is 0 Å². The third kappa shape index (κ3) is 2.46. The minimum Gasteiger partial charge on any atom is -0.478 e. The number of aromatic carboxylic acids is 1. The summed E-state index contributed by atoms with van der Waals surface area (Å²) in [6.07, 6.45) is 0.577. The van der Waals surface area contributed by atoms with Gasteiger partial charge >= 0.3 is 5.97 Å². The van der Waals surface area contributed by atoms with Crippen LogP contribution in [0.1, 0.15) is 31.2 Å². The molecule has 22 heavy (non-hydrogen) atoms. The highest BCUT2D eigenvalue weighted by atomic mass is 32.1. The van der Waals surface area contributed by atoms with Crippen LogP contribution in [-0.4, -0.2) is 35.5 Å². The molecule has 5 nitrogen and oxygen atoms in total. The van der Waals surface area contributed by atoms with Crippen molar-refractivity contribution in [2.24, 2.45) is 0 Å². The number of rotatable bonds is 3. The van der Waals surface area contributed by atoms with Crippen LogP contribution in [-0.2, 0) is 13.0 Å². The molecule has 0 unspecified atom stereocenters. The summed E-state index contributed by atoms with van der Waals surface area (Å²) in [5, 5.41) is 13.0. The van der Waals surface area contributed by atoms with E-state index < -0.39 is 5.97 Å². The van der Waals surface area contributed by atoms with Crippen LogP contribution in [0.4, 0.5) is 5.00 Å². The molecule has 2 heterocycles. The lowest BCUT2D eigenvalue weighted by molar-refractivity contribution is 0.0696. The first-order chi connectivity index (χ1) is 10.6. The van der Waals surface area contributed by atoms with Crippen molar-refractivity contribution in [1.29, 1.82) is 0 Å². The Balaban J connectivity index is 1.89. The number of carboxylic acid groups (broad SMARTS) is 1. The Morgan fingerprint density at radius 1 is 1.27 bits per heavy atom. The number of nitrogens with one attached hydrogen (secondary N) is 1. The Morgan fingerprint density at radius 3 is 2.64 bits per heavy atom. The van der Waals surface area contributed by atoms with Gasteiger partial charge in [0.05, 0.1) is 12.1 Å². The van der Waals surface area contributed by atoms with Gasteiger partial charge in [-0.3, -0.25) is 4.79 Å². The lowest BCUT2D eigenvalue weighted by atomic mass is 10.0. The number of carboxylic acids is 1. The van der Waals surface area contributed by atoms with Crippen molar-refractivity contribution in [1.82, 2.24) is 4.90 Å². The third-order valence-electron chi connectivity index (χ3n) is 3.81. The van der Waals surface area contributed by atoms with E-state index in [4.69, 9.17) is 0 Å². The maximum Gasteiger partial charge on any atom is 0.338 e. The van der Waals surface area contributed by atoms with E-state index in [-0.39, 0.29) is 5.91 Å². The van der Waals surface area contributed by atoms with Crippen molar-refractivity contribution >= 4 is 28.2 Å². The van der Waals surface area contributed by atoms with E-state index in [0.29, 0.717) is 35.6 Å². The van der Waals surface area contributed by atoms with E-state index in [1.165, 1.54) is 11.3 Å². The number of fused-ring (bicyclic) bond motifs is 1. The second-order valence-electron chi connectivity index (χ2n) is 5.11. The summed E-state index contributed by atoms with van der Waals surface area (Å²) in [6.45, 7) is 1.01. The van der Waals surface area contributed by atoms with E-state index in [0.717, 1.165) is 10.4 Å². The molecule has 1 amide bonds. The second kappa shape index (κ2) is 5.81. The van der Waals surface area contributed by atoms with E-state index in [9.17, 15) is 14.7 Å². The van der Waals surface area contributed by atoms with Crippen LogP contribution in [0.5, 0.6) is 0 Å². The first-order valence-electron chi connectivity index (χ1n) is 7.01. The monoisotopic (exact) mass is 316 g/mol. The predicted molar refractivity (Wildman–Crippen MR) is 85.7 cm³/mol. The van der Waals surface area contributed by atoms with Crippen molar-refractivity contribution in [3.63, 3.8) is 0 Å². The van der Waals surface area contributed by atoms with E-state index in [2.05, 4.69) is 5.32 Å². The first-order valence-corrected chi connectivity index (χ1v) is 7.83. The molecular formula is C16H16N2O3S. The lowest BCUT2D eigenvalue weighted by Gasteiger charge is -2.27. The number of hydrogen-bond donors (Lipinski definition) is 2. The molecule has 3 rings (SSSR count). The highest BCUT2D eigenvalue weighted by Gasteiger charge is 2.29. The number of anilines is 1. The van der Waals surface area contributed by atoms with Gasteiger partial charge in [0.25, 0.3) is 5.91 Å². The van der Waals surface area contributed by atoms with Crippen molar-refractivity contribution in [2.45, 2.75) is 13.0 Å². The number of nitrogens with zero attached hydrogens (tertiary/aromatic N) is 1. The SMILES string of the molecule is CNc1sc2c(c1C(=O)O)CCN(C(=O)c1ccccc1)C2. The average molecular weight is 316 g/mol. The van der Waals surface area contributed by atoms with Crippen molar-refractivity contribution in [3.8, 4) is 0 Å². The fraction of sp³-hybridized carbons (Fsp3) is 0.250. The van der Waals surface area contributed by atoms with Crippen LogP contribution < -0.4 is 5.32 Å². The van der Waals surface area contributed by atoms with Gasteiger partial charge in [0.2, 0.25) is 0 Å². The summed E-state index contributed by atoms with van der Waals surface area (Å²) < 4.78 is 0. The van der Waals surface area contributed by atoms with Gasteiger partial charge in [0, 0.05) is 24.0 Å². The Hall–Kier alpha value is -2.34. The third-order valence-corrected chi connectivity index (χ3v) is 5.04. The fourth-order valence-corrected chi connectivity index (χ4v) is 3.95. The summed E-state index contributed by atoms with van der Waals surface area (Å²) in [5.41, 5.74) is 1.88. The van der Waals surface area contributed by atoms with Gasteiger partial charge < -0.3 is 15.3 Å². The molecule has 0 spiro atoms. The van der Waals surface area contributed by atoms with Gasteiger partial charge in [-0.1, -0.05) is 18.2 Å². The van der Waals surface area contributed by atoms with Gasteiger partial charge in [-0.15, -0.1) is 11.3 Å². The number of amides is 1. The van der Waals surface area contributed by atoms with Gasteiger partial charge in [0.1, 0.15) is 5.00 Å². The standard InChI is InChI=1S/C16H16N2O3S/c1-17-14-13(16(20)21)11-7-8-18(9-12(11)22-14)15(19)10-5-3-2-4-6-10/h2-6,17H,7-9H2,1H3,(H,20,21). The molecule has 0 saturated heterocycles. The number of hydrogen-bond acceptors (Lipinski definition) is 4. The molecule has 1 aliphatic rings. The molecule has 2 N–H and O–H groups in total. The van der Waals surface area contributed by atoms with E-state index in [1.807, 2.05) is 18.2 Å². The van der Waals surface area contributed by atoms with Crippen LogP contribution >= 0.6 is 11.3 Å². The van der Waals surface area contributed by atoms with E-state index in [1.54, 1.807) is 24.1 Å². The highest BCUT2D eigenvalue weighted by Crippen LogP contribution is 2.37. The molecule has 1 aromatic carbocycles. The second-order valence-corrected chi connectivity index (χ2v) is 6.21. The maximum atomic E-state index is 12.5. The molecule has 114 valence electrons. The Morgan fingerprint density at radius 2 is 2.00 bits per heavy atom. The van der Waals surface area contributed by atoms with Crippen molar-refractivity contribution in [2.75, 3.05) is 18.9 Å². The molecule has 1 aliphatic heterocycles. The maximum absolute atomic E-state index is 12.5. The zero-order valence-electron chi connectivity index (χ0n) is 12.1. The van der Waals surface area contributed by atoms with Crippen LogP contribution in [0, 0.1) is 0 Å².